The van der Waals surface area contributed by atoms with Crippen LogP contribution in [-0.4, -0.2) is 25.5 Å². The van der Waals surface area contributed by atoms with Gasteiger partial charge in [-0.05, 0) is 38.3 Å². The zero-order valence-electron chi connectivity index (χ0n) is 19.6. The molecule has 0 unspecified atom stereocenters. The maximum absolute atomic E-state index is 12.7. The molecule has 0 bridgehead atoms. The van der Waals surface area contributed by atoms with E-state index in [-0.39, 0.29) is 5.69 Å². The van der Waals surface area contributed by atoms with Gasteiger partial charge in [-0.3, -0.25) is 4.98 Å². The van der Waals surface area contributed by atoms with E-state index in [0.717, 1.165) is 11.8 Å². The highest BCUT2D eigenvalue weighted by molar-refractivity contribution is 7.90. The second-order valence-electron chi connectivity index (χ2n) is 4.75. The normalized spacial score (nSPS) is 17.0. The van der Waals surface area contributed by atoms with Crippen molar-refractivity contribution in [2.24, 2.45) is 0 Å². The highest BCUT2D eigenvalue weighted by atomic mass is 32.2. The minimum Gasteiger partial charge on any atom is -0.354 e. The van der Waals surface area contributed by atoms with Gasteiger partial charge in [0.05, 0.1) is 7.06 Å². The van der Waals surface area contributed by atoms with E-state index in [2.05, 4.69) is 10.3 Å². The van der Waals surface area contributed by atoms with Gasteiger partial charge in [0.1, 0.15) is 4.90 Å². The number of amides is 2. The molecule has 0 fully saturated rings. The average Bonchev–Trinajstić information content (AvgIpc) is 2.61. The summed E-state index contributed by atoms with van der Waals surface area (Å²) in [6.07, 6.45) is 2.27. The fraction of sp³-hybridized carbons (Fsp3) is 0.250. The van der Waals surface area contributed by atoms with E-state index < -0.39 is 40.7 Å². The summed E-state index contributed by atoms with van der Waals surface area (Å²) in [5, 5.41) is 4.36. The van der Waals surface area contributed by atoms with E-state index in [0.29, 0.717) is 5.69 Å². The van der Waals surface area contributed by atoms with E-state index in [1.807, 2.05) is 0 Å². The molecule has 128 valence electrons. The number of anilines is 2. The quantitative estimate of drug-likeness (QED) is 0.765. The Morgan fingerprint density at radius 1 is 1.25 bits per heavy atom. The Labute approximate surface area is 151 Å². The van der Waals surface area contributed by atoms with Gasteiger partial charge >= 0.3 is 6.03 Å². The van der Waals surface area contributed by atoms with Crippen molar-refractivity contribution < 1.29 is 22.8 Å². The summed E-state index contributed by atoms with van der Waals surface area (Å²) in [5.74, 6) is 0. The van der Waals surface area contributed by atoms with E-state index in [1.165, 1.54) is 22.3 Å². The molecule has 0 spiro atoms. The Hall–Kier alpha value is -2.61. The summed E-state index contributed by atoms with van der Waals surface area (Å²) in [6, 6.07) is 3.24. The van der Waals surface area contributed by atoms with Crippen molar-refractivity contribution >= 4 is 27.4 Å². The molecule has 0 aliphatic carbocycles. The summed E-state index contributed by atoms with van der Waals surface area (Å²) >= 11 is 0. The van der Waals surface area contributed by atoms with Crippen molar-refractivity contribution in [3.8, 4) is 0 Å². The molecule has 0 atom stereocenters. The second kappa shape index (κ2) is 7.31. The Morgan fingerprint density at radius 2 is 2.00 bits per heavy atom. The van der Waals surface area contributed by atoms with Crippen molar-refractivity contribution in [3.63, 3.8) is 0 Å². The van der Waals surface area contributed by atoms with Crippen molar-refractivity contribution in [3.05, 3.63) is 48.3 Å². The fourth-order valence-corrected chi connectivity index (χ4v) is 2.88. The minimum absolute atomic E-state index is 0.0633. The fourth-order valence-electron chi connectivity index (χ4n) is 1.87. The van der Waals surface area contributed by atoms with E-state index in [1.54, 1.807) is 31.2 Å². The number of hydrogen-bond acceptors (Lipinski definition) is 5. The maximum atomic E-state index is 12.7. The number of benzene rings is 1. The van der Waals surface area contributed by atoms with Gasteiger partial charge < -0.3 is 10.6 Å². The minimum atomic E-state index is -4.62. The Bertz CT molecular complexity index is 1060. The monoisotopic (exact) mass is 355 g/mol. The number of aryl methyl sites for hydroxylation is 1. The predicted molar refractivity (Wildman–Crippen MR) is 92.7 cm³/mol. The number of rotatable bonds is 5. The summed E-state index contributed by atoms with van der Waals surface area (Å²) < 4.78 is 78.5. The number of carbonyl (C=O) groups is 1. The summed E-state index contributed by atoms with van der Waals surface area (Å²) in [7, 11) is -4.62. The smallest absolute Gasteiger partial charge is 0.328 e. The number of pyridine rings is 1. The molecule has 2 rings (SSSR count). The lowest BCUT2D eigenvalue weighted by molar-refractivity contribution is 0.243. The molecule has 0 radical (unpaired) electrons. The molecule has 2 amide bonds. The van der Waals surface area contributed by atoms with Gasteiger partial charge in [-0.2, -0.15) is 0 Å². The van der Waals surface area contributed by atoms with Gasteiger partial charge in [0, 0.05) is 32.3 Å². The van der Waals surface area contributed by atoms with Crippen LogP contribution in [0.25, 0.3) is 0 Å². The van der Waals surface area contributed by atoms with Crippen molar-refractivity contribution in [2.45, 2.75) is 31.5 Å². The van der Waals surface area contributed by atoms with Gasteiger partial charge in [-0.1, -0.05) is 18.2 Å². The molecule has 1 heterocycles. The number of sulfonamides is 1. The van der Waals surface area contributed by atoms with Crippen LogP contribution < -0.4 is 15.4 Å². The second-order valence-corrected chi connectivity index (χ2v) is 6.40. The zero-order valence-corrected chi connectivity index (χ0v) is 13.4. The Morgan fingerprint density at radius 3 is 2.71 bits per heavy atom. The lowest BCUT2D eigenvalue weighted by Gasteiger charge is -2.15. The lowest BCUT2D eigenvalue weighted by atomic mass is 10.2. The van der Waals surface area contributed by atoms with Crippen LogP contribution >= 0.6 is 0 Å². The molecule has 1 aromatic carbocycles. The van der Waals surface area contributed by atoms with Crippen molar-refractivity contribution in [2.75, 3.05) is 5.32 Å². The molecule has 0 saturated carbocycles. The standard InChI is InChI=1S/C16H20N4O3S/c1-11(2)18-16(21)20-24(22,23)15-10-17-9-8-14(15)19-13-7-5-4-6-12(13)3/h4-11H,1-3H3,(H,17,19)(H2,18,20,21)/i1D3,2D3,11D. The van der Waals surface area contributed by atoms with Gasteiger partial charge in [0.15, 0.2) is 0 Å². The topological polar surface area (TPSA) is 100 Å². The molecule has 1 aromatic heterocycles. The van der Waals surface area contributed by atoms with E-state index >= 15 is 0 Å². The molecule has 0 saturated heterocycles. The first-order valence-electron chi connectivity index (χ1n) is 10.2. The van der Waals surface area contributed by atoms with Crippen LogP contribution in [0.2, 0.25) is 0 Å². The van der Waals surface area contributed by atoms with Crippen LogP contribution in [-0.2, 0) is 10.0 Å². The summed E-state index contributed by atoms with van der Waals surface area (Å²) in [5.41, 5.74) is 1.46. The zero-order chi connectivity index (χ0) is 23.7. The van der Waals surface area contributed by atoms with Crippen molar-refractivity contribution in [1.29, 1.82) is 0 Å². The van der Waals surface area contributed by atoms with Crippen LogP contribution in [0, 0.1) is 6.92 Å². The number of para-hydroxylation sites is 1. The maximum Gasteiger partial charge on any atom is 0.328 e. The third-order valence-electron chi connectivity index (χ3n) is 2.95. The number of nitrogens with one attached hydrogen (secondary N) is 3. The highest BCUT2D eigenvalue weighted by Crippen LogP contribution is 2.25. The predicted octanol–water partition coefficient (Wildman–Crippen LogP) is 2.53. The first-order chi connectivity index (χ1) is 14.1. The van der Waals surface area contributed by atoms with Crippen LogP contribution in [0.1, 0.15) is 28.9 Å². The Kier molecular flexibility index (Phi) is 3.13. The average molecular weight is 355 g/mol. The lowest BCUT2D eigenvalue weighted by Crippen LogP contribution is -2.42. The van der Waals surface area contributed by atoms with Gasteiger partial charge in [-0.15, -0.1) is 0 Å². The van der Waals surface area contributed by atoms with Crippen LogP contribution in [0.5, 0.6) is 0 Å². The van der Waals surface area contributed by atoms with Crippen molar-refractivity contribution in [1.82, 2.24) is 15.0 Å². The molecular formula is C16H20N4O3S. The molecule has 2 aromatic rings. The first kappa shape index (κ1) is 10.3. The summed E-state index contributed by atoms with van der Waals surface area (Å²) in [6.45, 7) is -5.14. The molecule has 24 heavy (non-hydrogen) atoms. The number of urea groups is 1. The number of carbonyl (C=O) groups excluding carboxylic acids is 1. The van der Waals surface area contributed by atoms with Crippen LogP contribution in [0.3, 0.4) is 0 Å². The molecule has 3 N–H and O–H groups in total. The highest BCUT2D eigenvalue weighted by Gasteiger charge is 2.22. The number of hydrogen-bond donors (Lipinski definition) is 3. The number of aromatic nitrogens is 1. The van der Waals surface area contributed by atoms with Gasteiger partial charge in [-0.25, -0.2) is 17.9 Å². The van der Waals surface area contributed by atoms with E-state index in [4.69, 9.17) is 9.60 Å². The van der Waals surface area contributed by atoms with Crippen LogP contribution in [0.4, 0.5) is 16.2 Å². The molecular weight excluding hydrogens is 328 g/mol. The third-order valence-corrected chi connectivity index (χ3v) is 4.31. The molecule has 8 heteroatoms. The Balaban J connectivity index is 2.33. The largest absolute Gasteiger partial charge is 0.354 e. The SMILES string of the molecule is [2H]C([2H])([2H])C([2H])(NC(=O)NS(=O)(=O)c1cnccc1Nc1ccccc1C)C([2H])([2H])[2H]. The van der Waals surface area contributed by atoms with E-state index in [9.17, 15) is 13.2 Å². The van der Waals surface area contributed by atoms with Crippen LogP contribution in [0.15, 0.2) is 47.6 Å². The molecule has 0 aliphatic heterocycles. The third kappa shape index (κ3) is 4.45. The molecule has 7 nitrogen and oxygen atoms in total. The first-order valence-corrected chi connectivity index (χ1v) is 8.18. The van der Waals surface area contributed by atoms with Gasteiger partial charge in [0.2, 0.25) is 0 Å². The number of nitrogens with zero attached hydrogens (tertiary/aromatic N) is 1. The molecule has 0 aliphatic rings. The van der Waals surface area contributed by atoms with Gasteiger partial charge in [0.25, 0.3) is 10.0 Å². The summed E-state index contributed by atoms with van der Waals surface area (Å²) in [4.78, 5) is 15.5.